The Balaban J connectivity index is 0.00000242. The Morgan fingerprint density at radius 2 is 1.91 bits per heavy atom. The number of halogens is 1. The summed E-state index contributed by atoms with van der Waals surface area (Å²) in [5.41, 5.74) is 4.87. The van der Waals surface area contributed by atoms with Crippen molar-refractivity contribution >= 4 is 35.4 Å². The number of nitrogens with zero attached hydrogens (tertiary/aromatic N) is 3. The molecule has 0 radical (unpaired) electrons. The monoisotopic (exact) mass is 326 g/mol. The van der Waals surface area contributed by atoms with Gasteiger partial charge in [-0.2, -0.15) is 0 Å². The number of nitro benzene ring substituents is 2. The maximum Gasteiger partial charge on any atom is 0.299 e. The molecule has 1 aliphatic rings. The van der Waals surface area contributed by atoms with E-state index in [1.807, 2.05) is 0 Å². The predicted octanol–water partition coefficient (Wildman–Crippen LogP) is 1.67. The van der Waals surface area contributed by atoms with Gasteiger partial charge in [0.15, 0.2) is 0 Å². The van der Waals surface area contributed by atoms with E-state index >= 15 is 0 Å². The molecule has 0 fully saturated rings. The summed E-state index contributed by atoms with van der Waals surface area (Å²) in [5, 5.41) is 21.7. The molecule has 2 rings (SSSR count). The fourth-order valence-electron chi connectivity index (χ4n) is 1.87. The first kappa shape index (κ1) is 17.1. The predicted molar refractivity (Wildman–Crippen MR) is 80.8 cm³/mol. The fraction of sp³-hybridized carbons (Fsp3) is 0.0833. The van der Waals surface area contributed by atoms with Crippen LogP contribution in [-0.2, 0) is 4.79 Å². The van der Waals surface area contributed by atoms with Crippen LogP contribution >= 0.6 is 12.4 Å². The quantitative estimate of drug-likeness (QED) is 0.661. The number of carbonyl (C=O) groups is 1. The molecule has 0 aromatic heterocycles. The van der Waals surface area contributed by atoms with E-state index in [1.54, 1.807) is 0 Å². The Hall–Kier alpha value is -2.94. The Morgan fingerprint density at radius 1 is 1.23 bits per heavy atom. The number of carbonyl (C=O) groups excluding carboxylic acids is 1. The van der Waals surface area contributed by atoms with Gasteiger partial charge in [-0.25, -0.2) is 0 Å². The third kappa shape index (κ3) is 3.38. The number of non-ortho nitro benzene ring substituents is 1. The third-order valence-electron chi connectivity index (χ3n) is 2.90. The van der Waals surface area contributed by atoms with Gasteiger partial charge in [0, 0.05) is 24.4 Å². The van der Waals surface area contributed by atoms with Crippen LogP contribution in [0, 0.1) is 20.2 Å². The van der Waals surface area contributed by atoms with Crippen LogP contribution in [0.2, 0.25) is 0 Å². The van der Waals surface area contributed by atoms with Crippen LogP contribution in [0.1, 0.15) is 0 Å². The van der Waals surface area contributed by atoms with E-state index in [9.17, 15) is 25.0 Å². The van der Waals surface area contributed by atoms with E-state index in [1.165, 1.54) is 35.4 Å². The van der Waals surface area contributed by atoms with Gasteiger partial charge in [0.1, 0.15) is 5.69 Å². The lowest BCUT2D eigenvalue weighted by molar-refractivity contribution is -0.393. The van der Waals surface area contributed by atoms with E-state index in [2.05, 4.69) is 0 Å². The van der Waals surface area contributed by atoms with Crippen LogP contribution in [-0.4, -0.2) is 22.3 Å². The number of nitrogens with two attached hydrogens (primary N) is 1. The SMILES string of the molecule is Cl.NC(=O)C1=CCN(c2ccc([N+](=O)[O-])cc2[N+](=O)[O-])C=C1. The summed E-state index contributed by atoms with van der Waals surface area (Å²) in [7, 11) is 0. The lowest BCUT2D eigenvalue weighted by Crippen LogP contribution is -2.23. The van der Waals surface area contributed by atoms with Crippen LogP contribution in [0.25, 0.3) is 0 Å². The van der Waals surface area contributed by atoms with Crippen LogP contribution < -0.4 is 10.6 Å². The zero-order valence-electron chi connectivity index (χ0n) is 11.0. The molecule has 2 N–H and O–H groups in total. The molecule has 1 aliphatic heterocycles. The molecule has 1 heterocycles. The van der Waals surface area contributed by atoms with Crippen LogP contribution in [0.4, 0.5) is 17.1 Å². The fourth-order valence-corrected chi connectivity index (χ4v) is 1.87. The van der Waals surface area contributed by atoms with Crippen LogP contribution in [0.15, 0.2) is 42.1 Å². The molecule has 9 nitrogen and oxygen atoms in total. The smallest absolute Gasteiger partial charge is 0.299 e. The summed E-state index contributed by atoms with van der Waals surface area (Å²) in [6.07, 6.45) is 4.42. The molecule has 0 saturated heterocycles. The van der Waals surface area contributed by atoms with Gasteiger partial charge in [0.2, 0.25) is 5.91 Å². The molecular weight excluding hydrogens is 316 g/mol. The van der Waals surface area contributed by atoms with E-state index in [-0.39, 0.29) is 36.0 Å². The van der Waals surface area contributed by atoms with E-state index in [4.69, 9.17) is 5.73 Å². The minimum Gasteiger partial charge on any atom is -0.366 e. The number of amides is 1. The van der Waals surface area contributed by atoms with Gasteiger partial charge < -0.3 is 10.6 Å². The highest BCUT2D eigenvalue weighted by molar-refractivity contribution is 5.95. The molecule has 0 spiro atoms. The first-order valence-electron chi connectivity index (χ1n) is 5.78. The van der Waals surface area contributed by atoms with Gasteiger partial charge in [-0.3, -0.25) is 25.0 Å². The van der Waals surface area contributed by atoms with Gasteiger partial charge in [-0.05, 0) is 12.1 Å². The van der Waals surface area contributed by atoms with Crippen molar-refractivity contribution in [3.63, 3.8) is 0 Å². The summed E-state index contributed by atoms with van der Waals surface area (Å²) in [6.45, 7) is 0.202. The highest BCUT2D eigenvalue weighted by Crippen LogP contribution is 2.33. The Morgan fingerprint density at radius 3 is 2.36 bits per heavy atom. The first-order valence-corrected chi connectivity index (χ1v) is 5.78. The second kappa shape index (κ2) is 6.68. The zero-order chi connectivity index (χ0) is 15.6. The molecule has 1 aromatic rings. The summed E-state index contributed by atoms with van der Waals surface area (Å²) < 4.78 is 0. The van der Waals surface area contributed by atoms with Crippen molar-refractivity contribution in [1.82, 2.24) is 0 Å². The van der Waals surface area contributed by atoms with Crippen LogP contribution in [0.3, 0.4) is 0 Å². The molecule has 0 aliphatic carbocycles. The molecule has 116 valence electrons. The maximum atomic E-state index is 11.1. The number of nitro groups is 2. The number of anilines is 1. The average molecular weight is 327 g/mol. The maximum absolute atomic E-state index is 11.1. The first-order chi connectivity index (χ1) is 9.90. The average Bonchev–Trinajstić information content (AvgIpc) is 2.46. The molecular formula is C12H11ClN4O5. The molecule has 0 saturated carbocycles. The van der Waals surface area contributed by atoms with E-state index in [0.717, 1.165) is 6.07 Å². The summed E-state index contributed by atoms with van der Waals surface area (Å²) in [4.78, 5) is 32.8. The lowest BCUT2D eigenvalue weighted by Gasteiger charge is -2.21. The second-order valence-electron chi connectivity index (χ2n) is 4.18. The minimum atomic E-state index is -0.700. The number of benzene rings is 1. The van der Waals surface area contributed by atoms with Gasteiger partial charge in [-0.1, -0.05) is 6.08 Å². The molecule has 0 bridgehead atoms. The van der Waals surface area contributed by atoms with E-state index < -0.39 is 15.8 Å². The van der Waals surface area contributed by atoms with E-state index in [0.29, 0.717) is 5.57 Å². The molecule has 1 aromatic carbocycles. The lowest BCUT2D eigenvalue weighted by atomic mass is 10.1. The molecule has 0 atom stereocenters. The van der Waals surface area contributed by atoms with Crippen molar-refractivity contribution < 1.29 is 14.6 Å². The number of hydrogen-bond donors (Lipinski definition) is 1. The van der Waals surface area contributed by atoms with Gasteiger partial charge in [-0.15, -0.1) is 12.4 Å². The van der Waals surface area contributed by atoms with Crippen molar-refractivity contribution in [3.05, 3.63) is 62.4 Å². The topological polar surface area (TPSA) is 133 Å². The third-order valence-corrected chi connectivity index (χ3v) is 2.90. The largest absolute Gasteiger partial charge is 0.366 e. The highest BCUT2D eigenvalue weighted by atomic mass is 35.5. The highest BCUT2D eigenvalue weighted by Gasteiger charge is 2.23. The van der Waals surface area contributed by atoms with Gasteiger partial charge in [0.25, 0.3) is 11.4 Å². The summed E-state index contributed by atoms with van der Waals surface area (Å²) in [6, 6.07) is 3.38. The van der Waals surface area contributed by atoms with Crippen molar-refractivity contribution in [2.24, 2.45) is 5.73 Å². The number of primary amides is 1. The van der Waals surface area contributed by atoms with Crippen LogP contribution in [0.5, 0.6) is 0 Å². The Labute approximate surface area is 130 Å². The molecule has 1 amide bonds. The standard InChI is InChI=1S/C12H10N4O5.ClH/c13-12(17)8-3-5-14(6-4-8)10-2-1-9(15(18)19)7-11(10)16(20)21;/h1-5,7H,6H2,(H2,13,17);1H. The summed E-state index contributed by atoms with van der Waals surface area (Å²) in [5.74, 6) is -0.593. The second-order valence-corrected chi connectivity index (χ2v) is 4.18. The van der Waals surface area contributed by atoms with Crippen molar-refractivity contribution in [3.8, 4) is 0 Å². The van der Waals surface area contributed by atoms with Gasteiger partial charge >= 0.3 is 0 Å². The normalized spacial score (nSPS) is 13.1. The van der Waals surface area contributed by atoms with Crippen molar-refractivity contribution in [2.45, 2.75) is 0 Å². The molecule has 22 heavy (non-hydrogen) atoms. The zero-order valence-corrected chi connectivity index (χ0v) is 11.9. The molecule has 0 unspecified atom stereocenters. The number of rotatable bonds is 4. The summed E-state index contributed by atoms with van der Waals surface area (Å²) >= 11 is 0. The minimum absolute atomic E-state index is 0. The van der Waals surface area contributed by atoms with Crippen molar-refractivity contribution in [1.29, 1.82) is 0 Å². The van der Waals surface area contributed by atoms with Gasteiger partial charge in [0.05, 0.1) is 15.9 Å². The Bertz CT molecular complexity index is 701. The Kier molecular flexibility index (Phi) is 5.19. The van der Waals surface area contributed by atoms with Crippen molar-refractivity contribution in [2.75, 3.05) is 11.4 Å². The number of hydrogen-bond acceptors (Lipinski definition) is 6. The molecule has 10 heteroatoms.